The number of nitrogens with one attached hydrogen (secondary N) is 2. The van der Waals surface area contributed by atoms with Gasteiger partial charge in [0.1, 0.15) is 18.3 Å². The Labute approximate surface area is 220 Å². The van der Waals surface area contributed by atoms with Crippen molar-refractivity contribution in [3.8, 4) is 34.1 Å². The van der Waals surface area contributed by atoms with Crippen molar-refractivity contribution < 1.29 is 19.3 Å². The molecule has 3 aromatic heterocycles. The summed E-state index contributed by atoms with van der Waals surface area (Å²) in [7, 11) is 0. The third-order valence-corrected chi connectivity index (χ3v) is 7.18. The molecule has 2 aliphatic heterocycles. The number of hydrogen-bond acceptors (Lipinski definition) is 7. The molecule has 7 rings (SSSR count). The molecule has 0 bridgehead atoms. The first kappa shape index (κ1) is 23.2. The Morgan fingerprint density at radius 2 is 1.66 bits per heavy atom. The monoisotopic (exact) mass is 531 g/mol. The Morgan fingerprint density at radius 1 is 0.947 bits per heavy atom. The van der Waals surface area contributed by atoms with Crippen LogP contribution in [0.1, 0.15) is 0 Å². The van der Waals surface area contributed by atoms with Crippen molar-refractivity contribution in [3.63, 3.8) is 0 Å². The van der Waals surface area contributed by atoms with Crippen molar-refractivity contribution >= 4 is 22.8 Å². The van der Waals surface area contributed by atoms with Crippen LogP contribution < -0.4 is 10.3 Å². The minimum absolute atomic E-state index is 0.144. The number of aliphatic hydroxyl groups is 1. The minimum atomic E-state index is -0.644. The predicted molar refractivity (Wildman–Crippen MR) is 140 cm³/mol. The molecule has 0 unspecified atom stereocenters. The number of nitrogens with zero attached hydrogens (tertiary/aromatic N) is 3. The number of aromatic nitrogens is 5. The summed E-state index contributed by atoms with van der Waals surface area (Å²) in [5.41, 5.74) is 5.39. The van der Waals surface area contributed by atoms with E-state index in [9.17, 15) is 9.90 Å². The molecule has 4 atom stereocenters. The Morgan fingerprint density at radius 3 is 2.39 bits per heavy atom. The van der Waals surface area contributed by atoms with Crippen molar-refractivity contribution in [1.82, 2.24) is 24.7 Å². The highest BCUT2D eigenvalue weighted by molar-refractivity contribution is 6.33. The number of hydrogen-bond donors (Lipinski definition) is 3. The Kier molecular flexibility index (Phi) is 5.55. The number of ether oxygens (including phenoxy) is 3. The van der Waals surface area contributed by atoms with Gasteiger partial charge in [-0.3, -0.25) is 14.6 Å². The van der Waals surface area contributed by atoms with Crippen molar-refractivity contribution in [1.29, 1.82) is 0 Å². The van der Waals surface area contributed by atoms with Gasteiger partial charge in [-0.25, -0.2) is 4.98 Å². The van der Waals surface area contributed by atoms with Gasteiger partial charge in [0.05, 0.1) is 35.1 Å². The Balaban J connectivity index is 1.11. The quantitative estimate of drug-likeness (QED) is 0.317. The zero-order valence-corrected chi connectivity index (χ0v) is 20.6. The molecule has 5 heterocycles. The molecule has 0 saturated carbocycles. The molecule has 2 fully saturated rings. The molecule has 2 aliphatic rings. The van der Waals surface area contributed by atoms with E-state index in [0.29, 0.717) is 34.5 Å². The summed E-state index contributed by atoms with van der Waals surface area (Å²) in [6, 6.07) is 19.4. The van der Waals surface area contributed by atoms with Crippen molar-refractivity contribution in [2.75, 3.05) is 13.2 Å². The molecule has 0 aliphatic carbocycles. The van der Waals surface area contributed by atoms with Crippen molar-refractivity contribution in [2.45, 2.75) is 24.4 Å². The van der Waals surface area contributed by atoms with Crippen LogP contribution >= 0.6 is 11.6 Å². The Hall–Kier alpha value is -3.96. The van der Waals surface area contributed by atoms with E-state index >= 15 is 0 Å². The van der Waals surface area contributed by atoms with Gasteiger partial charge in [-0.2, -0.15) is 4.98 Å². The molecule has 11 heteroatoms. The van der Waals surface area contributed by atoms with Crippen molar-refractivity contribution in [3.05, 3.63) is 82.2 Å². The molecule has 2 saturated heterocycles. The lowest BCUT2D eigenvalue weighted by Crippen LogP contribution is -2.34. The third kappa shape index (κ3) is 4.07. The number of benzene rings is 2. The van der Waals surface area contributed by atoms with E-state index < -0.39 is 6.10 Å². The third-order valence-electron chi connectivity index (χ3n) is 6.89. The molecule has 0 radical (unpaired) electrons. The van der Waals surface area contributed by atoms with Crippen LogP contribution in [0.15, 0.2) is 71.7 Å². The average Bonchev–Trinajstić information content (AvgIpc) is 3.71. The maximum Gasteiger partial charge on any atom is 0.296 e. The van der Waals surface area contributed by atoms with Gasteiger partial charge in [0.2, 0.25) is 0 Å². The molecule has 10 nitrogen and oxygen atoms in total. The van der Waals surface area contributed by atoms with Gasteiger partial charge < -0.3 is 24.3 Å². The van der Waals surface area contributed by atoms with Gasteiger partial charge in [-0.05, 0) is 29.3 Å². The highest BCUT2D eigenvalue weighted by Crippen LogP contribution is 2.33. The van der Waals surface area contributed by atoms with E-state index in [-0.39, 0.29) is 30.5 Å². The van der Waals surface area contributed by atoms with Gasteiger partial charge in [0, 0.05) is 17.8 Å². The maximum atomic E-state index is 11.4. The first-order valence-electron chi connectivity index (χ1n) is 12.1. The van der Waals surface area contributed by atoms with Crippen LogP contribution in [-0.2, 0) is 9.47 Å². The first-order chi connectivity index (χ1) is 18.5. The van der Waals surface area contributed by atoms with Crippen LogP contribution in [0.25, 0.3) is 39.2 Å². The van der Waals surface area contributed by atoms with Gasteiger partial charge in [0.25, 0.3) is 11.6 Å². The van der Waals surface area contributed by atoms with E-state index in [4.69, 9.17) is 25.8 Å². The summed E-state index contributed by atoms with van der Waals surface area (Å²) in [5, 5.41) is 13.2. The molecule has 5 aromatic rings. The van der Waals surface area contributed by atoms with E-state index in [1.807, 2.05) is 48.5 Å². The summed E-state index contributed by atoms with van der Waals surface area (Å²) in [4.78, 5) is 23.7. The van der Waals surface area contributed by atoms with Crippen LogP contribution in [0, 0.1) is 0 Å². The summed E-state index contributed by atoms with van der Waals surface area (Å²) >= 11 is 6.59. The number of aromatic amines is 2. The first-order valence-corrected chi connectivity index (χ1v) is 12.5. The molecule has 38 heavy (non-hydrogen) atoms. The van der Waals surface area contributed by atoms with E-state index in [2.05, 4.69) is 20.1 Å². The summed E-state index contributed by atoms with van der Waals surface area (Å²) < 4.78 is 18.9. The molecular weight excluding hydrogens is 510 g/mol. The highest BCUT2D eigenvalue weighted by atomic mass is 35.5. The molecule has 0 amide bonds. The maximum absolute atomic E-state index is 11.4. The fraction of sp³-hybridized carbons (Fsp3) is 0.222. The fourth-order valence-corrected chi connectivity index (χ4v) is 5.22. The molecular formula is C27H22ClN5O5. The normalized spacial score (nSPS) is 22.7. The number of rotatable bonds is 5. The zero-order valence-electron chi connectivity index (χ0n) is 19.9. The van der Waals surface area contributed by atoms with E-state index in [1.54, 1.807) is 16.9 Å². The SMILES string of the molecule is O=c1ccn(-c2ccc(-c3ccc(-c4nc5nc(O[C@@H]6CO[C@H]7[C@@H]6OC[C@H]7O)[nH]c5cc4Cl)cc3)cc2)[nH]1. The lowest BCUT2D eigenvalue weighted by atomic mass is 10.0. The predicted octanol–water partition coefficient (Wildman–Crippen LogP) is 3.33. The number of H-pyrrole nitrogens is 2. The van der Waals surface area contributed by atoms with Gasteiger partial charge in [-0.1, -0.05) is 48.0 Å². The lowest BCUT2D eigenvalue weighted by molar-refractivity contribution is 0.00706. The number of pyridine rings is 1. The number of aliphatic hydroxyl groups excluding tert-OH is 1. The summed E-state index contributed by atoms with van der Waals surface area (Å²) in [6.07, 6.45) is -0.0381. The summed E-state index contributed by atoms with van der Waals surface area (Å²) in [5.74, 6) is 0. The second kappa shape index (κ2) is 9.10. The second-order valence-corrected chi connectivity index (χ2v) is 9.74. The highest BCUT2D eigenvalue weighted by Gasteiger charge is 2.48. The van der Waals surface area contributed by atoms with Gasteiger partial charge >= 0.3 is 0 Å². The topological polar surface area (TPSA) is 127 Å². The van der Waals surface area contributed by atoms with Gasteiger partial charge in [0.15, 0.2) is 11.8 Å². The molecule has 2 aromatic carbocycles. The smallest absolute Gasteiger partial charge is 0.296 e. The van der Waals surface area contributed by atoms with Crippen LogP contribution in [0.3, 0.4) is 0 Å². The van der Waals surface area contributed by atoms with Crippen LogP contribution in [-0.4, -0.2) is 67.5 Å². The van der Waals surface area contributed by atoms with Gasteiger partial charge in [-0.15, -0.1) is 0 Å². The van der Waals surface area contributed by atoms with E-state index in [0.717, 1.165) is 22.4 Å². The van der Waals surface area contributed by atoms with Crippen molar-refractivity contribution in [2.24, 2.45) is 0 Å². The fourth-order valence-electron chi connectivity index (χ4n) is 4.96. The van der Waals surface area contributed by atoms with Crippen LogP contribution in [0.5, 0.6) is 6.01 Å². The minimum Gasteiger partial charge on any atom is -0.456 e. The molecule has 3 N–H and O–H groups in total. The van der Waals surface area contributed by atoms with Crippen LogP contribution in [0.2, 0.25) is 5.02 Å². The average molecular weight is 532 g/mol. The number of fused-ring (bicyclic) bond motifs is 2. The second-order valence-electron chi connectivity index (χ2n) is 9.34. The zero-order chi connectivity index (χ0) is 25.8. The summed E-state index contributed by atoms with van der Waals surface area (Å²) in [6.45, 7) is 0.541. The number of halogens is 1. The largest absolute Gasteiger partial charge is 0.456 e. The molecule has 192 valence electrons. The van der Waals surface area contributed by atoms with Crippen LogP contribution in [0.4, 0.5) is 0 Å². The molecule has 0 spiro atoms. The number of imidazole rings is 1. The Bertz CT molecular complexity index is 1680. The standard InChI is InChI=1S/C27H22ClN5O5/c28-18-11-19-26(31-27(29-19)38-21-13-37-24-20(34)12-36-25(21)24)30-23(18)16-3-1-14(2-4-16)15-5-7-17(8-6-15)33-10-9-22(35)32-33/h1-11,20-21,24-25,34H,12-13H2,(H,32,35)(H,29,30,31)/t20-,21-,24-,25-/m1/s1. The lowest BCUT2D eigenvalue weighted by Gasteiger charge is -2.15. The van der Waals surface area contributed by atoms with E-state index in [1.165, 1.54) is 6.07 Å².